The van der Waals surface area contributed by atoms with Gasteiger partial charge in [0.05, 0.1) is 5.02 Å². The van der Waals surface area contributed by atoms with Crippen molar-refractivity contribution in [2.75, 3.05) is 5.73 Å². The molecule has 0 fully saturated rings. The molecule has 0 radical (unpaired) electrons. The smallest absolute Gasteiger partial charge is 0.233 e. The first-order valence-electron chi connectivity index (χ1n) is 5.84. The van der Waals surface area contributed by atoms with E-state index in [-0.39, 0.29) is 6.61 Å². The molecule has 0 spiro atoms. The highest BCUT2D eigenvalue weighted by Gasteiger charge is 2.11. The van der Waals surface area contributed by atoms with Crippen molar-refractivity contribution in [2.45, 2.75) is 6.61 Å². The van der Waals surface area contributed by atoms with Crippen LogP contribution in [0.15, 0.2) is 40.8 Å². The highest BCUT2D eigenvalue weighted by atomic mass is 35.5. The van der Waals surface area contributed by atoms with Crippen LogP contribution in [0.25, 0.3) is 11.1 Å². The molecule has 0 aliphatic carbocycles. The van der Waals surface area contributed by atoms with Crippen LogP contribution in [0.4, 0.5) is 5.69 Å². The van der Waals surface area contributed by atoms with Crippen LogP contribution in [-0.2, 0) is 6.61 Å². The molecule has 102 valence electrons. The van der Waals surface area contributed by atoms with Gasteiger partial charge in [0, 0.05) is 10.7 Å². The molecule has 0 amide bonds. The van der Waals surface area contributed by atoms with Crippen LogP contribution in [0.2, 0.25) is 10.0 Å². The number of oxazole rings is 1. The van der Waals surface area contributed by atoms with Crippen LogP contribution < -0.4 is 10.5 Å². The van der Waals surface area contributed by atoms with E-state index in [1.807, 2.05) is 0 Å². The van der Waals surface area contributed by atoms with Gasteiger partial charge in [0.1, 0.15) is 11.3 Å². The Balaban J connectivity index is 1.81. The molecule has 4 nitrogen and oxygen atoms in total. The summed E-state index contributed by atoms with van der Waals surface area (Å²) in [5.41, 5.74) is 7.40. The summed E-state index contributed by atoms with van der Waals surface area (Å²) in [6.45, 7) is 0.201. The predicted molar refractivity (Wildman–Crippen MR) is 79.2 cm³/mol. The molecule has 3 rings (SSSR count). The van der Waals surface area contributed by atoms with E-state index in [0.717, 1.165) is 0 Å². The van der Waals surface area contributed by atoms with Gasteiger partial charge in [-0.15, -0.1) is 0 Å². The SMILES string of the molecule is Nc1ccc(OCc2nc3cc(Cl)cc(Cl)c3o2)cc1. The highest BCUT2D eigenvalue weighted by Crippen LogP contribution is 2.28. The zero-order valence-corrected chi connectivity index (χ0v) is 11.8. The maximum absolute atomic E-state index is 6.04. The average molecular weight is 309 g/mol. The van der Waals surface area contributed by atoms with Gasteiger partial charge in [-0.2, -0.15) is 0 Å². The fourth-order valence-electron chi connectivity index (χ4n) is 1.78. The van der Waals surface area contributed by atoms with Crippen LogP contribution in [0.1, 0.15) is 5.89 Å². The highest BCUT2D eigenvalue weighted by molar-refractivity contribution is 6.37. The number of hydrogen-bond acceptors (Lipinski definition) is 4. The molecule has 0 bridgehead atoms. The summed E-state index contributed by atoms with van der Waals surface area (Å²) in [7, 11) is 0. The lowest BCUT2D eigenvalue weighted by atomic mass is 10.3. The maximum atomic E-state index is 6.04. The summed E-state index contributed by atoms with van der Waals surface area (Å²) in [5.74, 6) is 1.12. The van der Waals surface area contributed by atoms with E-state index in [9.17, 15) is 0 Å². The number of nitrogens with two attached hydrogens (primary N) is 1. The lowest BCUT2D eigenvalue weighted by molar-refractivity contribution is 0.267. The average Bonchev–Trinajstić information content (AvgIpc) is 2.81. The second-order valence-corrected chi connectivity index (χ2v) is 5.04. The van der Waals surface area contributed by atoms with Gasteiger partial charge in [-0.05, 0) is 36.4 Å². The third-order valence-electron chi connectivity index (χ3n) is 2.70. The maximum Gasteiger partial charge on any atom is 0.233 e. The molecule has 0 atom stereocenters. The van der Waals surface area contributed by atoms with E-state index in [0.29, 0.717) is 38.5 Å². The number of nitrogen functional groups attached to an aromatic ring is 1. The zero-order chi connectivity index (χ0) is 14.1. The molecule has 0 aliphatic rings. The Morgan fingerprint density at radius 3 is 2.65 bits per heavy atom. The minimum atomic E-state index is 0.201. The Kier molecular flexibility index (Phi) is 3.42. The minimum Gasteiger partial charge on any atom is -0.484 e. The molecule has 0 aliphatic heterocycles. The quantitative estimate of drug-likeness (QED) is 0.733. The first-order chi connectivity index (χ1) is 9.61. The summed E-state index contributed by atoms with van der Waals surface area (Å²) in [6, 6.07) is 10.4. The summed E-state index contributed by atoms with van der Waals surface area (Å²) in [6.07, 6.45) is 0. The predicted octanol–water partition coefficient (Wildman–Crippen LogP) is 4.30. The zero-order valence-electron chi connectivity index (χ0n) is 10.3. The van der Waals surface area contributed by atoms with Crippen molar-refractivity contribution in [3.05, 3.63) is 52.3 Å². The Morgan fingerprint density at radius 2 is 1.90 bits per heavy atom. The lowest BCUT2D eigenvalue weighted by Crippen LogP contribution is -1.95. The number of ether oxygens (including phenoxy) is 1. The van der Waals surface area contributed by atoms with Crippen LogP contribution >= 0.6 is 23.2 Å². The van der Waals surface area contributed by atoms with E-state index in [4.69, 9.17) is 38.1 Å². The van der Waals surface area contributed by atoms with E-state index < -0.39 is 0 Å². The van der Waals surface area contributed by atoms with Gasteiger partial charge >= 0.3 is 0 Å². The van der Waals surface area contributed by atoms with Gasteiger partial charge in [0.2, 0.25) is 5.89 Å². The van der Waals surface area contributed by atoms with E-state index in [2.05, 4.69) is 4.98 Å². The van der Waals surface area contributed by atoms with Crippen LogP contribution in [0.3, 0.4) is 0 Å². The van der Waals surface area contributed by atoms with Gasteiger partial charge in [-0.3, -0.25) is 0 Å². The fraction of sp³-hybridized carbons (Fsp3) is 0.0714. The molecule has 0 saturated carbocycles. The molecule has 3 aromatic rings. The molecule has 0 unspecified atom stereocenters. The Labute approximate surface area is 125 Å². The Morgan fingerprint density at radius 1 is 1.15 bits per heavy atom. The third kappa shape index (κ3) is 2.66. The molecule has 1 aromatic heterocycles. The van der Waals surface area contributed by atoms with Gasteiger partial charge in [0.15, 0.2) is 12.2 Å². The Hall–Kier alpha value is -1.91. The molecular formula is C14H10Cl2N2O2. The topological polar surface area (TPSA) is 61.3 Å². The van der Waals surface area contributed by atoms with Crippen molar-refractivity contribution in [1.29, 1.82) is 0 Å². The normalized spacial score (nSPS) is 10.9. The monoisotopic (exact) mass is 308 g/mol. The minimum absolute atomic E-state index is 0.201. The second kappa shape index (κ2) is 5.23. The molecule has 20 heavy (non-hydrogen) atoms. The summed E-state index contributed by atoms with van der Waals surface area (Å²) < 4.78 is 11.1. The second-order valence-electron chi connectivity index (χ2n) is 4.20. The first kappa shape index (κ1) is 13.1. The molecule has 2 aromatic carbocycles. The summed E-state index contributed by atoms with van der Waals surface area (Å²) in [4.78, 5) is 4.28. The van der Waals surface area contributed by atoms with E-state index in [1.54, 1.807) is 36.4 Å². The number of aromatic nitrogens is 1. The van der Waals surface area contributed by atoms with Crippen LogP contribution in [0.5, 0.6) is 5.75 Å². The molecule has 0 saturated heterocycles. The molecule has 6 heteroatoms. The van der Waals surface area contributed by atoms with Gasteiger partial charge in [0.25, 0.3) is 0 Å². The standard InChI is InChI=1S/C14H10Cl2N2O2/c15-8-5-11(16)14-12(6-8)18-13(20-14)7-19-10-3-1-9(17)2-4-10/h1-6H,7,17H2. The number of benzene rings is 2. The number of anilines is 1. The van der Waals surface area contributed by atoms with Gasteiger partial charge in [-0.25, -0.2) is 4.98 Å². The van der Waals surface area contributed by atoms with Gasteiger partial charge < -0.3 is 14.9 Å². The number of hydrogen-bond donors (Lipinski definition) is 1. The first-order valence-corrected chi connectivity index (χ1v) is 6.60. The molecule has 2 N–H and O–H groups in total. The van der Waals surface area contributed by atoms with Crippen LogP contribution in [0, 0.1) is 0 Å². The van der Waals surface area contributed by atoms with E-state index >= 15 is 0 Å². The van der Waals surface area contributed by atoms with Crippen LogP contribution in [-0.4, -0.2) is 4.98 Å². The number of halogens is 2. The molecule has 1 heterocycles. The number of fused-ring (bicyclic) bond motifs is 1. The summed E-state index contributed by atoms with van der Waals surface area (Å²) >= 11 is 11.9. The largest absolute Gasteiger partial charge is 0.484 e. The van der Waals surface area contributed by atoms with Crippen molar-refractivity contribution in [2.24, 2.45) is 0 Å². The van der Waals surface area contributed by atoms with Crippen molar-refractivity contribution >= 4 is 40.0 Å². The third-order valence-corrected chi connectivity index (χ3v) is 3.20. The van der Waals surface area contributed by atoms with Crippen molar-refractivity contribution in [3.8, 4) is 5.75 Å². The fourth-order valence-corrected chi connectivity index (χ4v) is 2.30. The van der Waals surface area contributed by atoms with Crippen molar-refractivity contribution in [1.82, 2.24) is 4.98 Å². The summed E-state index contributed by atoms with van der Waals surface area (Å²) in [5, 5.41) is 0.945. The number of rotatable bonds is 3. The van der Waals surface area contributed by atoms with E-state index in [1.165, 1.54) is 0 Å². The van der Waals surface area contributed by atoms with Crippen molar-refractivity contribution in [3.63, 3.8) is 0 Å². The Bertz CT molecular complexity index is 754. The molecular weight excluding hydrogens is 299 g/mol. The van der Waals surface area contributed by atoms with Gasteiger partial charge in [-0.1, -0.05) is 23.2 Å². The van der Waals surface area contributed by atoms with Crippen molar-refractivity contribution < 1.29 is 9.15 Å². The number of nitrogens with zero attached hydrogens (tertiary/aromatic N) is 1. The lowest BCUT2D eigenvalue weighted by Gasteiger charge is -2.03.